The van der Waals surface area contributed by atoms with Gasteiger partial charge in [0.05, 0.1) is 17.8 Å². The van der Waals surface area contributed by atoms with Gasteiger partial charge in [-0.2, -0.15) is 4.98 Å². The first-order chi connectivity index (χ1) is 23.2. The van der Waals surface area contributed by atoms with E-state index in [2.05, 4.69) is 20.3 Å². The molecule has 49 heavy (non-hydrogen) atoms. The van der Waals surface area contributed by atoms with E-state index in [0.717, 1.165) is 6.33 Å². The van der Waals surface area contributed by atoms with Crippen LogP contribution >= 0.6 is 19.4 Å². The fraction of sp³-hybridized carbons (Fsp3) is 0.517. The number of benzene rings is 1. The zero-order valence-corrected chi connectivity index (χ0v) is 28.2. The highest BCUT2D eigenvalue weighted by molar-refractivity contribution is 7.47. The number of Topliss-reactive ketones (excluding diaryl/α,β-unsaturated/α-hetero) is 1. The Labute approximate surface area is 283 Å². The molecule has 1 aromatic carbocycles. The topological polar surface area (TPSA) is 240 Å². The van der Waals surface area contributed by atoms with E-state index in [1.165, 1.54) is 29.7 Å². The number of anilines is 1. The molecule has 0 saturated carbocycles. The molecular formula is C29H35ClN5O13P. The Kier molecular flexibility index (Phi) is 11.2. The molecule has 5 rings (SSSR count). The second-order valence-corrected chi connectivity index (χ2v) is 13.3. The van der Waals surface area contributed by atoms with Crippen LogP contribution in [-0.2, 0) is 42.4 Å². The third kappa shape index (κ3) is 8.53. The molecule has 4 heterocycles. The molecular weight excluding hydrogens is 693 g/mol. The number of imidazole rings is 1. The Morgan fingerprint density at radius 3 is 2.69 bits per heavy atom. The number of amides is 1. The van der Waals surface area contributed by atoms with Crippen molar-refractivity contribution in [1.29, 1.82) is 0 Å². The van der Waals surface area contributed by atoms with Crippen molar-refractivity contribution in [2.45, 2.75) is 77.0 Å². The number of phosphoric ester groups is 1. The number of carbonyl (C=O) groups is 3. The van der Waals surface area contributed by atoms with E-state index in [4.69, 9.17) is 39.6 Å². The van der Waals surface area contributed by atoms with Crippen LogP contribution in [0.1, 0.15) is 52.7 Å². The molecule has 0 bridgehead atoms. The van der Waals surface area contributed by atoms with Crippen molar-refractivity contribution < 1.29 is 56.9 Å². The molecule has 0 aliphatic carbocycles. The first kappa shape index (κ1) is 36.5. The molecule has 3 aromatic rings. The number of para-hydroxylation sites is 1. The van der Waals surface area contributed by atoms with Gasteiger partial charge in [0.15, 0.2) is 35.9 Å². The van der Waals surface area contributed by atoms with Gasteiger partial charge < -0.3 is 33.4 Å². The molecule has 2 unspecified atom stereocenters. The van der Waals surface area contributed by atoms with Crippen LogP contribution in [0.4, 0.5) is 5.95 Å². The fourth-order valence-corrected chi connectivity index (χ4v) is 6.25. The third-order valence-corrected chi connectivity index (χ3v) is 8.74. The van der Waals surface area contributed by atoms with E-state index in [9.17, 15) is 33.7 Å². The molecule has 2 fully saturated rings. The number of rotatable bonds is 14. The number of H-pyrrole nitrogens is 1. The Bertz CT molecular complexity index is 1810. The highest BCUT2D eigenvalue weighted by Gasteiger charge is 2.63. The van der Waals surface area contributed by atoms with Crippen LogP contribution in [-0.4, -0.2) is 84.7 Å². The van der Waals surface area contributed by atoms with Crippen LogP contribution in [0.15, 0.2) is 35.4 Å². The minimum Gasteiger partial charge on any atom is -0.463 e. The van der Waals surface area contributed by atoms with Crippen molar-refractivity contribution in [3.63, 3.8) is 0 Å². The smallest absolute Gasteiger partial charge is 0.463 e. The van der Waals surface area contributed by atoms with Gasteiger partial charge in [0.25, 0.3) is 5.56 Å². The lowest BCUT2D eigenvalue weighted by Crippen LogP contribution is -2.53. The number of ether oxygens (including phenoxy) is 4. The second-order valence-electron chi connectivity index (χ2n) is 11.6. The maximum Gasteiger partial charge on any atom is 0.530 e. The maximum atomic E-state index is 13.5. The number of nitrogens with zero attached hydrogens (tertiary/aromatic N) is 3. The maximum absolute atomic E-state index is 13.5. The van der Waals surface area contributed by atoms with Crippen molar-refractivity contribution in [1.82, 2.24) is 19.5 Å². The minimum absolute atomic E-state index is 0.0439. The lowest BCUT2D eigenvalue weighted by molar-refractivity contribution is -0.266. The van der Waals surface area contributed by atoms with E-state index in [1.807, 2.05) is 0 Å². The molecule has 266 valence electrons. The monoisotopic (exact) mass is 727 g/mol. The van der Waals surface area contributed by atoms with E-state index < -0.39 is 68.3 Å². The Hall–Kier alpha value is -3.74. The van der Waals surface area contributed by atoms with E-state index >= 15 is 0 Å². The number of aromatic nitrogens is 4. The van der Waals surface area contributed by atoms with Gasteiger partial charge in [-0.1, -0.05) is 37.6 Å². The van der Waals surface area contributed by atoms with Crippen LogP contribution in [0, 0.1) is 5.92 Å². The number of nitrogens with one attached hydrogen (secondary N) is 2. The molecule has 2 aliphatic rings. The molecule has 2 saturated heterocycles. The summed E-state index contributed by atoms with van der Waals surface area (Å²) < 4.78 is 48.4. The zero-order chi connectivity index (χ0) is 35.5. The summed E-state index contributed by atoms with van der Waals surface area (Å²) in [5.41, 5.74) is -1.07. The van der Waals surface area contributed by atoms with Gasteiger partial charge in [0.1, 0.15) is 18.1 Å². The standard InChI is InChI=1S/C29H35ClN5O13P/c1-15(2)25(38)33-28-32-24-22(26(39)34-28)31-14-35(24)27-23(46-21-9-6-12-43-21)29(40,19(45-27)13-44-20(37)11-10-16(3)36)48-49(41,42)47-18-8-5-4-7-17(18)30/h4-5,7-8,14-15,19,21,23,27,40H,6,9-13H2,1-3H3,(H,41,42)(H2,32,33,34,38,39)/t19-,21?,23+,27-,29-/m1/s1. The quantitative estimate of drug-likeness (QED) is 0.106. The van der Waals surface area contributed by atoms with Gasteiger partial charge in [-0.05, 0) is 25.5 Å². The summed E-state index contributed by atoms with van der Waals surface area (Å²) in [5, 5.41) is 14.7. The molecule has 2 aliphatic heterocycles. The lowest BCUT2D eigenvalue weighted by atomic mass is 10.1. The molecule has 0 spiro atoms. The molecule has 6 atom stereocenters. The Morgan fingerprint density at radius 2 is 2.02 bits per heavy atom. The van der Waals surface area contributed by atoms with Crippen LogP contribution in [0.2, 0.25) is 5.02 Å². The number of fused-ring (bicyclic) bond motifs is 1. The van der Waals surface area contributed by atoms with Gasteiger partial charge in [-0.15, -0.1) is 0 Å². The fourth-order valence-electron chi connectivity index (χ4n) is 4.99. The number of esters is 1. The van der Waals surface area contributed by atoms with Crippen molar-refractivity contribution in [3.05, 3.63) is 46.0 Å². The molecule has 18 nitrogen and oxygen atoms in total. The van der Waals surface area contributed by atoms with Gasteiger partial charge in [-0.3, -0.25) is 34.1 Å². The summed E-state index contributed by atoms with van der Waals surface area (Å²) in [7, 11) is -5.30. The Balaban J connectivity index is 1.56. The summed E-state index contributed by atoms with van der Waals surface area (Å²) in [5.74, 6) is -5.42. The molecule has 1 amide bonds. The first-order valence-electron chi connectivity index (χ1n) is 15.2. The SMILES string of the molecule is CC(=O)CCC(=O)OC[C@H]1O[C@@H](n2cnc3c(=O)[nH]c(NC(=O)C(C)C)nc32)[C@H](OC2CCCO2)[C@]1(O)OP(=O)(O)Oc1ccccc1Cl. The summed E-state index contributed by atoms with van der Waals surface area (Å²) in [6, 6.07) is 5.72. The number of aliphatic hydroxyl groups is 1. The predicted molar refractivity (Wildman–Crippen MR) is 168 cm³/mol. The summed E-state index contributed by atoms with van der Waals surface area (Å²) >= 11 is 6.12. The first-order valence-corrected chi connectivity index (χ1v) is 17.1. The number of phosphoric acid groups is 1. The average Bonchev–Trinajstić information content (AvgIpc) is 3.75. The number of hydrogen-bond acceptors (Lipinski definition) is 14. The van der Waals surface area contributed by atoms with Crippen molar-refractivity contribution >= 4 is 54.2 Å². The lowest BCUT2D eigenvalue weighted by Gasteiger charge is -2.34. The van der Waals surface area contributed by atoms with Crippen molar-refractivity contribution in [2.75, 3.05) is 18.5 Å². The van der Waals surface area contributed by atoms with Crippen LogP contribution in [0.5, 0.6) is 5.75 Å². The molecule has 0 radical (unpaired) electrons. The molecule has 4 N–H and O–H groups in total. The zero-order valence-electron chi connectivity index (χ0n) is 26.6. The summed E-state index contributed by atoms with van der Waals surface area (Å²) in [6.45, 7) is 4.11. The number of aromatic amines is 1. The normalized spacial score (nSPS) is 25.0. The van der Waals surface area contributed by atoms with Crippen LogP contribution in [0.3, 0.4) is 0 Å². The van der Waals surface area contributed by atoms with Crippen molar-refractivity contribution in [3.8, 4) is 5.75 Å². The number of hydrogen-bond donors (Lipinski definition) is 4. The van der Waals surface area contributed by atoms with Crippen LogP contribution in [0.25, 0.3) is 11.2 Å². The number of halogens is 1. The van der Waals surface area contributed by atoms with Crippen molar-refractivity contribution in [2.24, 2.45) is 5.92 Å². The average molecular weight is 728 g/mol. The molecule has 20 heteroatoms. The van der Waals surface area contributed by atoms with E-state index in [-0.39, 0.29) is 46.5 Å². The second kappa shape index (κ2) is 15.0. The number of carbonyl (C=O) groups excluding carboxylic acids is 3. The summed E-state index contributed by atoms with van der Waals surface area (Å²) in [4.78, 5) is 71.0. The Morgan fingerprint density at radius 1 is 1.27 bits per heavy atom. The van der Waals surface area contributed by atoms with E-state index in [1.54, 1.807) is 19.9 Å². The molecule has 2 aromatic heterocycles. The summed E-state index contributed by atoms with van der Waals surface area (Å²) in [6.07, 6.45) is -4.37. The highest BCUT2D eigenvalue weighted by atomic mass is 35.5. The van der Waals surface area contributed by atoms with E-state index in [0.29, 0.717) is 19.4 Å². The van der Waals surface area contributed by atoms with Gasteiger partial charge in [0.2, 0.25) is 17.6 Å². The third-order valence-electron chi connectivity index (χ3n) is 7.48. The van der Waals surface area contributed by atoms with Gasteiger partial charge in [-0.25, -0.2) is 14.1 Å². The number of ketones is 1. The predicted octanol–water partition coefficient (Wildman–Crippen LogP) is 2.58. The van der Waals surface area contributed by atoms with Crippen LogP contribution < -0.4 is 15.4 Å². The largest absolute Gasteiger partial charge is 0.530 e. The van der Waals surface area contributed by atoms with Gasteiger partial charge >= 0.3 is 13.8 Å². The van der Waals surface area contributed by atoms with Gasteiger partial charge in [0, 0.05) is 25.4 Å². The minimum atomic E-state index is -5.30. The highest BCUT2D eigenvalue weighted by Crippen LogP contribution is 2.54.